The van der Waals surface area contributed by atoms with Crippen LogP contribution >= 0.6 is 0 Å². The van der Waals surface area contributed by atoms with E-state index in [-0.39, 0.29) is 16.9 Å². The van der Waals surface area contributed by atoms with Gasteiger partial charge in [0, 0.05) is 16.4 Å². The molecule has 0 spiro atoms. The number of hydrogen-bond donors (Lipinski definition) is 1. The molecule has 3 fully saturated rings. The third kappa shape index (κ3) is 4.81. The summed E-state index contributed by atoms with van der Waals surface area (Å²) in [7, 11) is 0. The maximum atomic E-state index is 11.9. The summed E-state index contributed by atoms with van der Waals surface area (Å²) in [6.07, 6.45) is 15.3. The molecule has 204 valence electrons. The fourth-order valence-electron chi connectivity index (χ4n) is 10.0. The number of aliphatic hydroxyl groups excluding tert-OH is 1. The molecule has 3 saturated carbocycles. The summed E-state index contributed by atoms with van der Waals surface area (Å²) in [5.41, 5.74) is 3.16. The second-order valence-corrected chi connectivity index (χ2v) is 13.9. The minimum Gasteiger partial charge on any atom is -0.393 e. The van der Waals surface area contributed by atoms with Crippen LogP contribution in [0.15, 0.2) is 42.0 Å². The first-order valence-corrected chi connectivity index (χ1v) is 15.2. The van der Waals surface area contributed by atoms with E-state index in [1.807, 2.05) is 30.3 Å². The molecule has 0 heterocycles. The van der Waals surface area contributed by atoms with Crippen LogP contribution in [-0.2, 0) is 0 Å². The highest BCUT2D eigenvalue weighted by Gasteiger charge is 2.59. The molecule has 1 aromatic carbocycles. The number of benzene rings is 1. The Hall–Kier alpha value is -1.68. The monoisotopic (exact) mass is 507 g/mol. The van der Waals surface area contributed by atoms with E-state index in [9.17, 15) is 15.2 Å². The van der Waals surface area contributed by atoms with E-state index in [0.717, 1.165) is 61.3 Å². The zero-order valence-corrected chi connectivity index (χ0v) is 23.6. The molecule has 0 aliphatic heterocycles. The molecule has 4 aliphatic rings. The van der Waals surface area contributed by atoms with E-state index >= 15 is 0 Å². The third-order valence-electron chi connectivity index (χ3n) is 12.1. The van der Waals surface area contributed by atoms with Gasteiger partial charge in [0.05, 0.1) is 6.10 Å². The van der Waals surface area contributed by atoms with E-state index < -0.39 is 6.04 Å². The molecule has 4 heteroatoms. The van der Waals surface area contributed by atoms with Crippen LogP contribution in [0.4, 0.5) is 0 Å². The molecule has 0 saturated heterocycles. The van der Waals surface area contributed by atoms with Crippen LogP contribution < -0.4 is 0 Å². The Balaban J connectivity index is 1.21. The van der Waals surface area contributed by atoms with Gasteiger partial charge in [-0.1, -0.05) is 82.5 Å². The summed E-state index contributed by atoms with van der Waals surface area (Å²) in [4.78, 5) is 11.8. The number of allylic oxidation sites excluding steroid dienone is 1. The highest BCUT2D eigenvalue weighted by molar-refractivity contribution is 5.25. The number of rotatable bonds is 8. The summed E-state index contributed by atoms with van der Waals surface area (Å²) in [5.74, 6) is 3.94. The maximum absolute atomic E-state index is 11.9. The molecular formula is C33H49NO3. The number of fused-ring (bicyclic) bond motifs is 5. The zero-order chi connectivity index (χ0) is 26.4. The Labute approximate surface area is 224 Å². The van der Waals surface area contributed by atoms with Gasteiger partial charge in [0.1, 0.15) is 0 Å². The van der Waals surface area contributed by atoms with Crippen molar-refractivity contribution in [3.8, 4) is 0 Å². The quantitative estimate of drug-likeness (QED) is 0.218. The fourth-order valence-corrected chi connectivity index (χ4v) is 10.0. The predicted molar refractivity (Wildman–Crippen MR) is 150 cm³/mol. The Morgan fingerprint density at radius 3 is 2.51 bits per heavy atom. The lowest BCUT2D eigenvalue weighted by Crippen LogP contribution is -2.50. The minimum absolute atomic E-state index is 0.0462. The van der Waals surface area contributed by atoms with Gasteiger partial charge in [0.25, 0.3) is 0 Å². The van der Waals surface area contributed by atoms with Crippen LogP contribution in [0.1, 0.15) is 110 Å². The second kappa shape index (κ2) is 10.5. The van der Waals surface area contributed by atoms with Gasteiger partial charge in [0.15, 0.2) is 0 Å². The second-order valence-electron chi connectivity index (χ2n) is 13.9. The molecule has 0 bridgehead atoms. The first-order chi connectivity index (χ1) is 17.6. The van der Waals surface area contributed by atoms with Crippen molar-refractivity contribution in [2.75, 3.05) is 0 Å². The van der Waals surface area contributed by atoms with Crippen molar-refractivity contribution in [1.82, 2.24) is 0 Å². The first-order valence-electron chi connectivity index (χ1n) is 15.2. The summed E-state index contributed by atoms with van der Waals surface area (Å²) >= 11 is 0. The van der Waals surface area contributed by atoms with E-state index in [2.05, 4.69) is 33.8 Å². The Morgan fingerprint density at radius 2 is 1.78 bits per heavy atom. The van der Waals surface area contributed by atoms with Crippen molar-refractivity contribution in [1.29, 1.82) is 0 Å². The number of nitrogens with zero attached hydrogens (tertiary/aromatic N) is 1. The number of aliphatic hydroxyl groups is 1. The van der Waals surface area contributed by atoms with Crippen molar-refractivity contribution < 1.29 is 10.0 Å². The van der Waals surface area contributed by atoms with Crippen LogP contribution in [0.25, 0.3) is 0 Å². The average molecular weight is 508 g/mol. The molecule has 5 rings (SSSR count). The molecule has 0 radical (unpaired) electrons. The molecule has 10 atom stereocenters. The largest absolute Gasteiger partial charge is 0.393 e. The van der Waals surface area contributed by atoms with E-state index in [1.165, 1.54) is 38.5 Å². The van der Waals surface area contributed by atoms with E-state index in [4.69, 9.17) is 0 Å². The van der Waals surface area contributed by atoms with Crippen LogP contribution in [0, 0.1) is 56.5 Å². The van der Waals surface area contributed by atoms with Gasteiger partial charge in [-0.15, -0.1) is 0 Å². The van der Waals surface area contributed by atoms with Gasteiger partial charge in [-0.3, -0.25) is 10.1 Å². The minimum atomic E-state index is -0.605. The lowest BCUT2D eigenvalue weighted by molar-refractivity contribution is -0.538. The molecule has 3 unspecified atom stereocenters. The van der Waals surface area contributed by atoms with E-state index in [0.29, 0.717) is 16.7 Å². The molecule has 0 aromatic heterocycles. The summed E-state index contributed by atoms with van der Waals surface area (Å²) in [6, 6.07) is 8.95. The van der Waals surface area contributed by atoms with E-state index in [1.54, 1.807) is 5.57 Å². The number of hydrogen-bond acceptors (Lipinski definition) is 3. The van der Waals surface area contributed by atoms with Gasteiger partial charge in [0.2, 0.25) is 6.04 Å². The van der Waals surface area contributed by atoms with Crippen molar-refractivity contribution in [3.63, 3.8) is 0 Å². The normalized spacial score (nSPS) is 39.5. The van der Waals surface area contributed by atoms with Crippen molar-refractivity contribution in [2.45, 2.75) is 110 Å². The zero-order valence-electron chi connectivity index (χ0n) is 23.6. The van der Waals surface area contributed by atoms with Crippen molar-refractivity contribution in [2.24, 2.45) is 46.3 Å². The summed E-state index contributed by atoms with van der Waals surface area (Å²) in [5, 5.41) is 22.2. The summed E-state index contributed by atoms with van der Waals surface area (Å²) < 4.78 is 0. The standard InChI is InChI=1S/C33H49NO3/c1-22(9-8-10-23(2)31(34(36)37)24-11-6-5-7-12-24)28-15-16-29-27-14-13-25-21-26(35)17-19-32(25,3)30(27)18-20-33(28,29)4/h5-7,11-13,22-23,26-31,35H,8-10,14-21H2,1-4H3/t22?,23?,26-,27-,28+,29-,30-,31?,32-,33+/m0/s1. The van der Waals surface area contributed by atoms with Gasteiger partial charge in [-0.25, -0.2) is 0 Å². The molecular weight excluding hydrogens is 458 g/mol. The molecule has 4 nitrogen and oxygen atoms in total. The molecule has 1 N–H and O–H groups in total. The third-order valence-corrected chi connectivity index (χ3v) is 12.1. The molecule has 4 aliphatic carbocycles. The van der Waals surface area contributed by atoms with Crippen molar-refractivity contribution in [3.05, 3.63) is 57.7 Å². The highest BCUT2D eigenvalue weighted by atomic mass is 16.6. The van der Waals surface area contributed by atoms with Crippen LogP contribution in [0.3, 0.4) is 0 Å². The fraction of sp³-hybridized carbons (Fsp3) is 0.758. The van der Waals surface area contributed by atoms with Gasteiger partial charge in [-0.2, -0.15) is 0 Å². The Bertz CT molecular complexity index is 991. The summed E-state index contributed by atoms with van der Waals surface area (Å²) in [6.45, 7) is 9.68. The van der Waals surface area contributed by atoms with Crippen LogP contribution in [-0.4, -0.2) is 16.1 Å². The van der Waals surface area contributed by atoms with Gasteiger partial charge >= 0.3 is 0 Å². The van der Waals surface area contributed by atoms with Crippen LogP contribution in [0.2, 0.25) is 0 Å². The Kier molecular flexibility index (Phi) is 7.62. The lowest BCUT2D eigenvalue weighted by atomic mass is 9.47. The highest BCUT2D eigenvalue weighted by Crippen LogP contribution is 2.67. The predicted octanol–water partition coefficient (Wildman–Crippen LogP) is 8.39. The maximum Gasteiger partial charge on any atom is 0.240 e. The molecule has 1 aromatic rings. The molecule has 37 heavy (non-hydrogen) atoms. The van der Waals surface area contributed by atoms with Gasteiger partial charge in [-0.05, 0) is 98.2 Å². The topological polar surface area (TPSA) is 63.4 Å². The smallest absolute Gasteiger partial charge is 0.240 e. The van der Waals surface area contributed by atoms with Crippen LogP contribution in [0.5, 0.6) is 0 Å². The van der Waals surface area contributed by atoms with Gasteiger partial charge < -0.3 is 5.11 Å². The number of nitro groups is 1. The lowest BCUT2D eigenvalue weighted by Gasteiger charge is -2.58. The first kappa shape index (κ1) is 26.9. The average Bonchev–Trinajstić information content (AvgIpc) is 3.22. The van der Waals surface area contributed by atoms with Crippen molar-refractivity contribution >= 4 is 0 Å². The SMILES string of the molecule is CC(CCCC(C)[C@H]1CC[C@H]2[C@@H]3CC=C4C[C@@H](O)CC[C@]4(C)[C@H]3CC[C@]12C)C(c1ccccc1)[N+](=O)[O-]. The Morgan fingerprint density at radius 1 is 1.03 bits per heavy atom. The molecule has 0 amide bonds.